The zero-order valence-corrected chi connectivity index (χ0v) is 10.4. The Balaban J connectivity index is 2.61. The van der Waals surface area contributed by atoms with Gasteiger partial charge in [-0.3, -0.25) is 0 Å². The van der Waals surface area contributed by atoms with Crippen LogP contribution in [0.5, 0.6) is 0 Å². The third kappa shape index (κ3) is 4.08. The predicted molar refractivity (Wildman–Crippen MR) is 64.8 cm³/mol. The fourth-order valence-electron chi connectivity index (χ4n) is 1.85. The Morgan fingerprint density at radius 3 is 2.65 bits per heavy atom. The van der Waals surface area contributed by atoms with Crippen molar-refractivity contribution in [2.45, 2.75) is 45.6 Å². The third-order valence-electron chi connectivity index (χ3n) is 3.13. The lowest BCUT2D eigenvalue weighted by molar-refractivity contribution is 0.110. The summed E-state index contributed by atoms with van der Waals surface area (Å²) in [6.07, 6.45) is 2.59. The van der Waals surface area contributed by atoms with Gasteiger partial charge in [0.1, 0.15) is 0 Å². The molecule has 1 rings (SSSR count). The molecule has 2 unspecified atom stereocenters. The smallest absolute Gasteiger partial charge is 0.162 e. The van der Waals surface area contributed by atoms with Crippen LogP contribution in [-0.4, -0.2) is 11.2 Å². The van der Waals surface area contributed by atoms with Crippen molar-refractivity contribution in [3.8, 4) is 0 Å². The molecule has 0 heterocycles. The third-order valence-corrected chi connectivity index (χ3v) is 3.13. The average molecular weight is 242 g/mol. The van der Waals surface area contributed by atoms with Gasteiger partial charge in [-0.25, -0.2) is 8.78 Å². The Bertz CT molecular complexity index is 352. The Morgan fingerprint density at radius 2 is 2.00 bits per heavy atom. The number of hydrogen-bond donors (Lipinski definition) is 1. The van der Waals surface area contributed by atoms with Crippen molar-refractivity contribution < 1.29 is 13.9 Å². The molecule has 0 saturated heterocycles. The molecule has 0 saturated carbocycles. The van der Waals surface area contributed by atoms with E-state index in [9.17, 15) is 13.9 Å². The quantitative estimate of drug-likeness (QED) is 0.806. The molecular formula is C14H20F2O. The second kappa shape index (κ2) is 6.70. The molecular weight excluding hydrogens is 222 g/mol. The molecule has 0 aliphatic heterocycles. The molecule has 17 heavy (non-hydrogen) atoms. The van der Waals surface area contributed by atoms with Crippen LogP contribution in [0.2, 0.25) is 0 Å². The van der Waals surface area contributed by atoms with Gasteiger partial charge < -0.3 is 5.11 Å². The molecule has 0 aromatic heterocycles. The van der Waals surface area contributed by atoms with E-state index >= 15 is 0 Å². The average Bonchev–Trinajstić information content (AvgIpc) is 2.31. The zero-order valence-electron chi connectivity index (χ0n) is 10.4. The summed E-state index contributed by atoms with van der Waals surface area (Å²) in [6.45, 7) is 4.03. The maximum Gasteiger partial charge on any atom is 0.162 e. The number of hydrogen-bond acceptors (Lipinski definition) is 1. The molecule has 3 heteroatoms. The first-order chi connectivity index (χ1) is 8.06. The zero-order chi connectivity index (χ0) is 12.8. The number of aliphatic hydroxyl groups is 1. The van der Waals surface area contributed by atoms with Gasteiger partial charge in [0.15, 0.2) is 11.6 Å². The number of rotatable bonds is 6. The van der Waals surface area contributed by atoms with Crippen LogP contribution in [-0.2, 0) is 6.42 Å². The summed E-state index contributed by atoms with van der Waals surface area (Å²) in [5.41, 5.74) is 0.251. The molecule has 1 nitrogen and oxygen atoms in total. The standard InChI is InChI=1S/C14H20F2O/c1-3-4-6-10(2)13(17)9-11-7-5-8-12(15)14(11)16/h5,7-8,10,13,17H,3-4,6,9H2,1-2H3. The molecule has 1 aromatic rings. The van der Waals surface area contributed by atoms with Crippen LogP contribution < -0.4 is 0 Å². The minimum absolute atomic E-state index is 0.109. The Labute approximate surface area is 101 Å². The molecule has 96 valence electrons. The van der Waals surface area contributed by atoms with Crippen LogP contribution in [0.3, 0.4) is 0 Å². The molecule has 0 fully saturated rings. The van der Waals surface area contributed by atoms with Crippen LogP contribution in [0.4, 0.5) is 8.78 Å². The minimum atomic E-state index is -0.851. The monoisotopic (exact) mass is 242 g/mol. The number of halogens is 2. The highest BCUT2D eigenvalue weighted by Gasteiger charge is 2.17. The predicted octanol–water partition coefficient (Wildman–Crippen LogP) is 3.69. The molecule has 0 aliphatic carbocycles. The van der Waals surface area contributed by atoms with Gasteiger partial charge in [-0.15, -0.1) is 0 Å². The summed E-state index contributed by atoms with van der Waals surface area (Å²) in [5.74, 6) is -1.58. The second-order valence-corrected chi connectivity index (χ2v) is 4.60. The van der Waals surface area contributed by atoms with Gasteiger partial charge >= 0.3 is 0 Å². The second-order valence-electron chi connectivity index (χ2n) is 4.60. The summed E-state index contributed by atoms with van der Waals surface area (Å²) in [7, 11) is 0. The Kier molecular flexibility index (Phi) is 5.56. The lowest BCUT2D eigenvalue weighted by Crippen LogP contribution is -2.21. The lowest BCUT2D eigenvalue weighted by Gasteiger charge is -2.18. The van der Waals surface area contributed by atoms with Gasteiger partial charge in [-0.05, 0) is 24.0 Å². The fraction of sp³-hybridized carbons (Fsp3) is 0.571. The normalized spacial score (nSPS) is 14.6. The maximum absolute atomic E-state index is 13.4. The summed E-state index contributed by atoms with van der Waals surface area (Å²) < 4.78 is 26.4. The van der Waals surface area contributed by atoms with Crippen molar-refractivity contribution in [2.75, 3.05) is 0 Å². The summed E-state index contributed by atoms with van der Waals surface area (Å²) in [4.78, 5) is 0. The summed E-state index contributed by atoms with van der Waals surface area (Å²) in [6, 6.07) is 4.08. The van der Waals surface area contributed by atoms with Gasteiger partial charge in [0.25, 0.3) is 0 Å². The van der Waals surface area contributed by atoms with Crippen molar-refractivity contribution in [3.05, 3.63) is 35.4 Å². The first-order valence-electron chi connectivity index (χ1n) is 6.17. The molecule has 0 radical (unpaired) electrons. The van der Waals surface area contributed by atoms with Crippen molar-refractivity contribution in [3.63, 3.8) is 0 Å². The highest BCUT2D eigenvalue weighted by molar-refractivity contribution is 5.19. The van der Waals surface area contributed by atoms with E-state index in [2.05, 4.69) is 6.92 Å². The first kappa shape index (κ1) is 14.1. The van der Waals surface area contributed by atoms with Crippen molar-refractivity contribution in [1.82, 2.24) is 0 Å². The molecule has 0 bridgehead atoms. The van der Waals surface area contributed by atoms with E-state index in [-0.39, 0.29) is 17.9 Å². The molecule has 1 aromatic carbocycles. The number of benzene rings is 1. The van der Waals surface area contributed by atoms with E-state index in [1.54, 1.807) is 0 Å². The van der Waals surface area contributed by atoms with Crippen LogP contribution >= 0.6 is 0 Å². The SMILES string of the molecule is CCCCC(C)C(O)Cc1cccc(F)c1F. The van der Waals surface area contributed by atoms with E-state index < -0.39 is 17.7 Å². The summed E-state index contributed by atoms with van der Waals surface area (Å²) >= 11 is 0. The van der Waals surface area contributed by atoms with E-state index in [0.717, 1.165) is 25.3 Å². The van der Waals surface area contributed by atoms with Crippen LogP contribution in [0.1, 0.15) is 38.7 Å². The van der Waals surface area contributed by atoms with Crippen LogP contribution in [0.15, 0.2) is 18.2 Å². The molecule has 2 atom stereocenters. The van der Waals surface area contributed by atoms with Crippen molar-refractivity contribution in [2.24, 2.45) is 5.92 Å². The topological polar surface area (TPSA) is 20.2 Å². The molecule has 0 amide bonds. The fourth-order valence-corrected chi connectivity index (χ4v) is 1.85. The van der Waals surface area contributed by atoms with Gasteiger partial charge in [0.05, 0.1) is 6.10 Å². The number of aliphatic hydroxyl groups excluding tert-OH is 1. The van der Waals surface area contributed by atoms with E-state index in [1.807, 2.05) is 6.92 Å². The molecule has 0 spiro atoms. The van der Waals surface area contributed by atoms with E-state index in [4.69, 9.17) is 0 Å². The summed E-state index contributed by atoms with van der Waals surface area (Å²) in [5, 5.41) is 9.92. The van der Waals surface area contributed by atoms with Gasteiger partial charge in [-0.2, -0.15) is 0 Å². The van der Waals surface area contributed by atoms with E-state index in [1.165, 1.54) is 12.1 Å². The molecule has 1 N–H and O–H groups in total. The lowest BCUT2D eigenvalue weighted by atomic mass is 9.93. The van der Waals surface area contributed by atoms with Crippen LogP contribution in [0.25, 0.3) is 0 Å². The number of unbranched alkanes of at least 4 members (excludes halogenated alkanes) is 1. The molecule has 0 aliphatic rings. The van der Waals surface area contributed by atoms with Crippen LogP contribution in [0, 0.1) is 17.6 Å². The van der Waals surface area contributed by atoms with Crippen molar-refractivity contribution >= 4 is 0 Å². The van der Waals surface area contributed by atoms with Gasteiger partial charge in [0.2, 0.25) is 0 Å². The first-order valence-corrected chi connectivity index (χ1v) is 6.17. The Hall–Kier alpha value is -0.960. The van der Waals surface area contributed by atoms with Gasteiger partial charge in [0, 0.05) is 6.42 Å². The van der Waals surface area contributed by atoms with Crippen molar-refractivity contribution in [1.29, 1.82) is 0 Å². The highest BCUT2D eigenvalue weighted by Crippen LogP contribution is 2.19. The van der Waals surface area contributed by atoms with Gasteiger partial charge in [-0.1, -0.05) is 38.8 Å². The van der Waals surface area contributed by atoms with E-state index in [0.29, 0.717) is 0 Å². The maximum atomic E-state index is 13.4. The largest absolute Gasteiger partial charge is 0.393 e. The highest BCUT2D eigenvalue weighted by atomic mass is 19.2. The Morgan fingerprint density at radius 1 is 1.29 bits per heavy atom. The minimum Gasteiger partial charge on any atom is -0.393 e.